The van der Waals surface area contributed by atoms with E-state index in [-0.39, 0.29) is 22.8 Å². The van der Waals surface area contributed by atoms with Crippen molar-refractivity contribution in [2.75, 3.05) is 68.0 Å². The Balaban J connectivity index is 1.36. The first kappa shape index (κ1) is 35.3. The molecular weight excluding hydrogens is 653 g/mol. The molecule has 1 N–H and O–H groups in total. The van der Waals surface area contributed by atoms with Gasteiger partial charge in [0.1, 0.15) is 11.9 Å². The summed E-state index contributed by atoms with van der Waals surface area (Å²) in [6, 6.07) is 11.7. The van der Waals surface area contributed by atoms with Crippen molar-refractivity contribution >= 4 is 69.0 Å². The predicted octanol–water partition coefficient (Wildman–Crippen LogP) is 4.54. The second-order valence-corrected chi connectivity index (χ2v) is 13.7. The Morgan fingerprint density at radius 3 is 2.50 bits per heavy atom. The van der Waals surface area contributed by atoms with Gasteiger partial charge < -0.3 is 29.5 Å². The number of aromatic nitrogens is 2. The van der Waals surface area contributed by atoms with Crippen molar-refractivity contribution in [1.29, 1.82) is 0 Å². The van der Waals surface area contributed by atoms with Gasteiger partial charge in [0, 0.05) is 67.0 Å². The van der Waals surface area contributed by atoms with Crippen LogP contribution in [0.15, 0.2) is 42.5 Å². The molecule has 256 valence electrons. The van der Waals surface area contributed by atoms with Gasteiger partial charge in [0.05, 0.1) is 25.6 Å². The van der Waals surface area contributed by atoms with Gasteiger partial charge in [-0.05, 0) is 18.9 Å². The molecule has 3 aromatic rings. The standard InChI is InChI=1S/C34H42N6O6S2/c1-5-10-29(41)38-13-9-14-39(16-15-38)34-35-25-18-28(46-4)27(45-3)17-24(25)30(37-34)36-31(42)26-20-47-21-40(26)32(43)22(2)19-48-33(44)23-11-7-6-8-12-23/h6-8,11-12,17-18,22,26H,5,9-10,13-16,19-21H2,1-4H3,(H,35,36,37,42). The molecule has 2 atom stereocenters. The molecule has 14 heteroatoms. The van der Waals surface area contributed by atoms with Crippen molar-refractivity contribution in [3.8, 4) is 11.5 Å². The van der Waals surface area contributed by atoms with Crippen LogP contribution in [0.2, 0.25) is 0 Å². The second kappa shape index (κ2) is 16.4. The summed E-state index contributed by atoms with van der Waals surface area (Å²) in [5.74, 6) is 1.92. The third-order valence-corrected chi connectivity index (χ3v) is 10.6. The fourth-order valence-electron chi connectivity index (χ4n) is 5.71. The van der Waals surface area contributed by atoms with Crippen LogP contribution in [0.3, 0.4) is 0 Å². The van der Waals surface area contributed by atoms with Crippen molar-refractivity contribution in [2.24, 2.45) is 5.92 Å². The summed E-state index contributed by atoms with van der Waals surface area (Å²) in [5, 5.41) is 3.47. The number of nitrogens with zero attached hydrogens (tertiary/aromatic N) is 5. The van der Waals surface area contributed by atoms with E-state index in [0.29, 0.717) is 89.7 Å². The Morgan fingerprint density at radius 2 is 1.77 bits per heavy atom. The molecule has 0 radical (unpaired) electrons. The molecule has 0 saturated carbocycles. The average molecular weight is 695 g/mol. The van der Waals surface area contributed by atoms with Gasteiger partial charge in [-0.3, -0.25) is 19.2 Å². The molecule has 2 unspecified atom stereocenters. The van der Waals surface area contributed by atoms with Gasteiger partial charge in [0.2, 0.25) is 28.8 Å². The zero-order chi connectivity index (χ0) is 34.2. The lowest BCUT2D eigenvalue weighted by Gasteiger charge is -2.26. The molecule has 2 aliphatic heterocycles. The first-order chi connectivity index (χ1) is 23.2. The van der Waals surface area contributed by atoms with E-state index in [1.807, 2.05) is 34.9 Å². The lowest BCUT2D eigenvalue weighted by molar-refractivity contribution is -0.138. The van der Waals surface area contributed by atoms with Crippen molar-refractivity contribution in [2.45, 2.75) is 39.2 Å². The van der Waals surface area contributed by atoms with Gasteiger partial charge in [-0.1, -0.05) is 55.9 Å². The van der Waals surface area contributed by atoms with E-state index in [1.54, 1.807) is 43.2 Å². The molecule has 2 fully saturated rings. The maximum Gasteiger partial charge on any atom is 0.249 e. The largest absolute Gasteiger partial charge is 0.493 e. The number of carbonyl (C=O) groups excluding carboxylic acids is 4. The summed E-state index contributed by atoms with van der Waals surface area (Å²) in [6.45, 7) is 6.19. The van der Waals surface area contributed by atoms with Crippen molar-refractivity contribution < 1.29 is 28.7 Å². The number of methoxy groups -OCH3 is 2. The molecule has 2 aromatic carbocycles. The summed E-state index contributed by atoms with van der Waals surface area (Å²) in [5.41, 5.74) is 1.14. The topological polar surface area (TPSA) is 134 Å². The molecule has 2 saturated heterocycles. The van der Waals surface area contributed by atoms with Crippen LogP contribution in [0.4, 0.5) is 11.8 Å². The quantitative estimate of drug-likeness (QED) is 0.303. The van der Waals surface area contributed by atoms with E-state index in [2.05, 4.69) is 5.32 Å². The Morgan fingerprint density at radius 1 is 1.02 bits per heavy atom. The van der Waals surface area contributed by atoms with Crippen LogP contribution in [0.25, 0.3) is 10.9 Å². The number of benzene rings is 2. The molecule has 1 aromatic heterocycles. The zero-order valence-electron chi connectivity index (χ0n) is 27.8. The van der Waals surface area contributed by atoms with Gasteiger partial charge in [-0.2, -0.15) is 4.98 Å². The molecule has 3 heterocycles. The molecule has 48 heavy (non-hydrogen) atoms. The predicted molar refractivity (Wildman–Crippen MR) is 190 cm³/mol. The number of fused-ring (bicyclic) bond motifs is 1. The summed E-state index contributed by atoms with van der Waals surface area (Å²) in [4.78, 5) is 67.8. The second-order valence-electron chi connectivity index (χ2n) is 11.7. The van der Waals surface area contributed by atoms with Gasteiger partial charge in [-0.15, -0.1) is 11.8 Å². The number of carbonyl (C=O) groups is 4. The lowest BCUT2D eigenvalue weighted by atomic mass is 10.1. The Hall–Kier alpha value is -4.04. The fourth-order valence-corrected chi connectivity index (χ4v) is 7.72. The maximum atomic E-state index is 13.9. The van der Waals surface area contributed by atoms with E-state index in [0.717, 1.165) is 24.6 Å². The zero-order valence-corrected chi connectivity index (χ0v) is 29.4. The third-order valence-electron chi connectivity index (χ3n) is 8.39. The highest BCUT2D eigenvalue weighted by Crippen LogP contribution is 2.36. The van der Waals surface area contributed by atoms with Gasteiger partial charge in [0.25, 0.3) is 0 Å². The van der Waals surface area contributed by atoms with Crippen LogP contribution < -0.4 is 19.7 Å². The number of hydrogen-bond acceptors (Lipinski definition) is 11. The number of anilines is 2. The molecule has 5 rings (SSSR count). The number of thioether (sulfide) groups is 2. The van der Waals surface area contributed by atoms with Crippen molar-refractivity contribution in [3.63, 3.8) is 0 Å². The fraction of sp³-hybridized carbons (Fsp3) is 0.471. The first-order valence-corrected chi connectivity index (χ1v) is 18.3. The normalized spacial score (nSPS) is 17.2. The van der Waals surface area contributed by atoms with Crippen LogP contribution in [0.1, 0.15) is 43.5 Å². The minimum Gasteiger partial charge on any atom is -0.493 e. The minimum atomic E-state index is -0.718. The molecule has 3 amide bonds. The SMILES string of the molecule is CCCC(=O)N1CCCN(c2nc(NC(=O)C3CSCN3C(=O)C(C)CSC(=O)c3ccccc3)c3cc(OC)c(OC)cc3n2)CC1. The summed E-state index contributed by atoms with van der Waals surface area (Å²) in [6.07, 6.45) is 2.08. The molecule has 0 bridgehead atoms. The molecule has 12 nitrogen and oxygen atoms in total. The van der Waals surface area contributed by atoms with Crippen LogP contribution in [0, 0.1) is 5.92 Å². The van der Waals surface area contributed by atoms with E-state index < -0.39 is 12.0 Å². The highest BCUT2D eigenvalue weighted by Gasteiger charge is 2.37. The van der Waals surface area contributed by atoms with Gasteiger partial charge in [0.15, 0.2) is 11.5 Å². The van der Waals surface area contributed by atoms with E-state index in [9.17, 15) is 19.2 Å². The molecular formula is C34H42N6O6S2. The molecule has 0 spiro atoms. The van der Waals surface area contributed by atoms with E-state index in [4.69, 9.17) is 19.4 Å². The summed E-state index contributed by atoms with van der Waals surface area (Å²) >= 11 is 2.61. The smallest absolute Gasteiger partial charge is 0.249 e. The molecule has 2 aliphatic rings. The average Bonchev–Trinajstić information content (AvgIpc) is 3.47. The van der Waals surface area contributed by atoms with Gasteiger partial charge >= 0.3 is 0 Å². The van der Waals surface area contributed by atoms with Crippen LogP contribution in [-0.4, -0.2) is 106 Å². The monoisotopic (exact) mass is 694 g/mol. The highest BCUT2D eigenvalue weighted by atomic mass is 32.2. The highest BCUT2D eigenvalue weighted by molar-refractivity contribution is 8.14. The van der Waals surface area contributed by atoms with E-state index in [1.165, 1.54) is 18.9 Å². The number of hydrogen-bond donors (Lipinski definition) is 1. The lowest BCUT2D eigenvalue weighted by Crippen LogP contribution is -2.47. The number of nitrogens with one attached hydrogen (secondary N) is 1. The first-order valence-electron chi connectivity index (χ1n) is 16.1. The van der Waals surface area contributed by atoms with E-state index >= 15 is 0 Å². The summed E-state index contributed by atoms with van der Waals surface area (Å²) in [7, 11) is 3.08. The van der Waals surface area contributed by atoms with Gasteiger partial charge in [-0.25, -0.2) is 4.98 Å². The Bertz CT molecular complexity index is 1640. The number of ether oxygens (including phenoxy) is 2. The van der Waals surface area contributed by atoms with Crippen LogP contribution >= 0.6 is 23.5 Å². The number of rotatable bonds is 11. The number of amides is 3. The van der Waals surface area contributed by atoms with Crippen LogP contribution in [-0.2, 0) is 14.4 Å². The third kappa shape index (κ3) is 8.15. The summed E-state index contributed by atoms with van der Waals surface area (Å²) < 4.78 is 11.1. The molecule has 0 aliphatic carbocycles. The minimum absolute atomic E-state index is 0.0940. The Kier molecular flexibility index (Phi) is 12.0. The van der Waals surface area contributed by atoms with Crippen molar-refractivity contribution in [1.82, 2.24) is 19.8 Å². The maximum absolute atomic E-state index is 13.9. The van der Waals surface area contributed by atoms with Crippen LogP contribution in [0.5, 0.6) is 11.5 Å². The van der Waals surface area contributed by atoms with Crippen molar-refractivity contribution in [3.05, 3.63) is 48.0 Å². The Labute approximate surface area is 289 Å².